The van der Waals surface area contributed by atoms with Crippen LogP contribution in [-0.4, -0.2) is 28.0 Å². The van der Waals surface area contributed by atoms with Gasteiger partial charge in [0.05, 0.1) is 5.54 Å². The predicted octanol–water partition coefficient (Wildman–Crippen LogP) is 6.16. The van der Waals surface area contributed by atoms with Crippen molar-refractivity contribution in [3.05, 3.63) is 71.8 Å². The smallest absolute Gasteiger partial charge is 0.185 e. The van der Waals surface area contributed by atoms with E-state index in [1.807, 2.05) is 60.7 Å². The Morgan fingerprint density at radius 3 is 2.18 bits per heavy atom. The molecule has 1 aliphatic heterocycles. The summed E-state index contributed by atoms with van der Waals surface area (Å²) in [6.07, 6.45) is 2.22. The molecule has 4 nitrogen and oxygen atoms in total. The lowest BCUT2D eigenvalue weighted by atomic mass is 9.71. The van der Waals surface area contributed by atoms with Gasteiger partial charge in [0.2, 0.25) is 0 Å². The topological polar surface area (TPSA) is 55.8 Å². The van der Waals surface area contributed by atoms with Crippen LogP contribution in [0.25, 0.3) is 0 Å². The van der Waals surface area contributed by atoms with Gasteiger partial charge in [-0.15, -0.1) is 0 Å². The average molecular weight is 470 g/mol. The van der Waals surface area contributed by atoms with Crippen molar-refractivity contribution in [2.45, 2.75) is 77.3 Å². The zero-order chi connectivity index (χ0) is 23.8. The minimum atomic E-state index is -3.49. The Kier molecular flexibility index (Phi) is 7.34. The van der Waals surface area contributed by atoms with E-state index in [0.717, 1.165) is 24.0 Å². The van der Waals surface area contributed by atoms with E-state index in [2.05, 4.69) is 39.3 Å². The molecule has 0 bridgehead atoms. The van der Waals surface area contributed by atoms with Gasteiger partial charge in [0.15, 0.2) is 13.5 Å². The maximum atomic E-state index is 15.3. The van der Waals surface area contributed by atoms with E-state index in [-0.39, 0.29) is 11.6 Å². The van der Waals surface area contributed by atoms with Crippen LogP contribution in [0.4, 0.5) is 0 Å². The fourth-order valence-electron chi connectivity index (χ4n) is 6.00. The van der Waals surface area contributed by atoms with Crippen molar-refractivity contribution in [3.63, 3.8) is 0 Å². The molecular formula is C28H40NO3P. The molecule has 1 heterocycles. The zero-order valence-corrected chi connectivity index (χ0v) is 21.6. The molecule has 1 N–H and O–H groups in total. The number of hydrogen-bond donors (Lipinski definition) is 1. The van der Waals surface area contributed by atoms with Crippen molar-refractivity contribution in [2.75, 3.05) is 6.54 Å². The second kappa shape index (κ2) is 9.76. The van der Waals surface area contributed by atoms with Crippen molar-refractivity contribution in [2.24, 2.45) is 17.8 Å². The van der Waals surface area contributed by atoms with Crippen LogP contribution in [-0.2, 0) is 4.52 Å². The Hall–Kier alpha value is -1.29. The first kappa shape index (κ1) is 24.8. The lowest BCUT2D eigenvalue weighted by molar-refractivity contribution is -0.241. The van der Waals surface area contributed by atoms with E-state index < -0.39 is 19.6 Å². The molecule has 180 valence electrons. The minimum absolute atomic E-state index is 0.0489. The Bertz CT molecular complexity index is 906. The predicted molar refractivity (Wildman–Crippen MR) is 135 cm³/mol. The van der Waals surface area contributed by atoms with Crippen molar-refractivity contribution < 1.29 is 14.5 Å². The molecule has 5 heteroatoms. The minimum Gasteiger partial charge on any atom is -0.640 e. The monoisotopic (exact) mass is 469 g/mol. The van der Waals surface area contributed by atoms with Gasteiger partial charge in [-0.1, -0.05) is 87.9 Å². The van der Waals surface area contributed by atoms with Gasteiger partial charge in [0.1, 0.15) is 12.2 Å². The fourth-order valence-corrected chi connectivity index (χ4v) is 9.66. The number of aliphatic hydroxyl groups excluding tert-OH is 1. The van der Waals surface area contributed by atoms with E-state index in [1.54, 1.807) is 0 Å². The molecule has 1 saturated carbocycles. The van der Waals surface area contributed by atoms with Crippen LogP contribution in [0.1, 0.15) is 76.8 Å². The van der Waals surface area contributed by atoms with E-state index >= 15 is 4.89 Å². The van der Waals surface area contributed by atoms with Gasteiger partial charge in [-0.2, -0.15) is 4.67 Å². The van der Waals surface area contributed by atoms with E-state index in [4.69, 9.17) is 4.52 Å². The van der Waals surface area contributed by atoms with E-state index in [1.165, 1.54) is 6.42 Å². The van der Waals surface area contributed by atoms with Gasteiger partial charge in [-0.05, 0) is 49.7 Å². The summed E-state index contributed by atoms with van der Waals surface area (Å²) < 4.78 is 8.94. The van der Waals surface area contributed by atoms with Gasteiger partial charge in [0.25, 0.3) is 0 Å². The van der Waals surface area contributed by atoms with Gasteiger partial charge < -0.3 is 10.00 Å². The second-order valence-electron chi connectivity index (χ2n) is 11.1. The second-order valence-corrected chi connectivity index (χ2v) is 13.5. The molecule has 33 heavy (non-hydrogen) atoms. The van der Waals surface area contributed by atoms with Crippen LogP contribution in [0.5, 0.6) is 0 Å². The summed E-state index contributed by atoms with van der Waals surface area (Å²) in [4.78, 5) is 15.3. The molecular weight excluding hydrogens is 429 g/mol. The summed E-state index contributed by atoms with van der Waals surface area (Å²) >= 11 is 0. The molecule has 4 rings (SSSR count). The van der Waals surface area contributed by atoms with Crippen LogP contribution in [0.2, 0.25) is 0 Å². The Morgan fingerprint density at radius 1 is 1.03 bits per heavy atom. The van der Waals surface area contributed by atoms with Crippen molar-refractivity contribution >= 4 is 7.87 Å². The maximum absolute atomic E-state index is 15.3. The summed E-state index contributed by atoms with van der Waals surface area (Å²) in [5.41, 5.74) is 0.694. The molecule has 1 saturated heterocycles. The number of rotatable bonds is 6. The quantitative estimate of drug-likeness (QED) is 0.515. The Morgan fingerprint density at radius 2 is 1.61 bits per heavy atom. The first-order chi connectivity index (χ1) is 15.6. The largest absolute Gasteiger partial charge is 0.640 e. The van der Waals surface area contributed by atoms with Crippen molar-refractivity contribution in [1.29, 1.82) is 0 Å². The molecule has 0 spiro atoms. The molecule has 1 unspecified atom stereocenters. The molecule has 2 aromatic carbocycles. The molecule has 0 radical (unpaired) electrons. The van der Waals surface area contributed by atoms with Crippen LogP contribution < -0.4 is 4.89 Å². The van der Waals surface area contributed by atoms with Gasteiger partial charge >= 0.3 is 0 Å². The number of fused-ring (bicyclic) bond motifs is 1. The average Bonchev–Trinajstić information content (AvgIpc) is 2.78. The normalized spacial score (nSPS) is 31.7. The lowest BCUT2D eigenvalue weighted by Crippen LogP contribution is -2.62. The molecule has 0 amide bonds. The molecule has 2 aliphatic rings. The van der Waals surface area contributed by atoms with Crippen LogP contribution in [0.3, 0.4) is 0 Å². The summed E-state index contributed by atoms with van der Waals surface area (Å²) in [6.45, 7) is 11.8. The molecule has 2 fully saturated rings. The standard InChI is InChI=1S/C28H40NO3P/c1-20(2)19-29-28(4,5)24-17-16-21(3)18-25(24)32-33(29,31)27(23-14-10-7-11-15-23)26(30)22-12-8-6-9-13-22/h6-15,20-21,24-27,30H,16-19H2,1-5H3/t21-,24-,25-,26-,27-,33?/m1/s1. The SMILES string of the molecule is CC(C)CN1C(C)(C)[C@@H]2CC[C@@H](C)C[C@H]2O[P+]1([O-])[C@H](c1ccccc1)[C@H](O)c1ccccc1. The summed E-state index contributed by atoms with van der Waals surface area (Å²) in [7, 11) is -3.49. The third-order valence-corrected chi connectivity index (χ3v) is 10.9. The molecule has 1 aliphatic carbocycles. The van der Waals surface area contributed by atoms with Gasteiger partial charge in [0, 0.05) is 12.5 Å². The highest BCUT2D eigenvalue weighted by Gasteiger charge is 2.63. The van der Waals surface area contributed by atoms with E-state index in [0.29, 0.717) is 24.3 Å². The Labute approximate surface area is 200 Å². The highest BCUT2D eigenvalue weighted by Crippen LogP contribution is 2.76. The number of aliphatic hydroxyl groups is 1. The van der Waals surface area contributed by atoms with Crippen LogP contribution >= 0.6 is 7.87 Å². The summed E-state index contributed by atoms with van der Waals surface area (Å²) in [5, 5.41) is 11.7. The maximum Gasteiger partial charge on any atom is 0.185 e. The third kappa shape index (κ3) is 4.79. The first-order valence-corrected chi connectivity index (χ1v) is 14.1. The first-order valence-electron chi connectivity index (χ1n) is 12.5. The fraction of sp³-hybridized carbons (Fsp3) is 0.571. The van der Waals surface area contributed by atoms with Gasteiger partial charge in [-0.3, -0.25) is 0 Å². The summed E-state index contributed by atoms with van der Waals surface area (Å²) in [6, 6.07) is 19.5. The zero-order valence-electron chi connectivity index (χ0n) is 20.7. The number of nitrogens with zero attached hydrogens (tertiary/aromatic N) is 1. The molecule has 0 aromatic heterocycles. The van der Waals surface area contributed by atoms with Crippen LogP contribution in [0.15, 0.2) is 60.7 Å². The highest BCUT2D eigenvalue weighted by atomic mass is 31.2. The number of hydrogen-bond acceptors (Lipinski definition) is 4. The third-order valence-electron chi connectivity index (χ3n) is 7.72. The number of benzene rings is 2. The summed E-state index contributed by atoms with van der Waals surface area (Å²) in [5.74, 6) is 1.21. The Balaban J connectivity index is 1.86. The molecule has 6 atom stereocenters. The van der Waals surface area contributed by atoms with Gasteiger partial charge in [-0.25, -0.2) is 4.52 Å². The highest BCUT2D eigenvalue weighted by molar-refractivity contribution is 7.62. The van der Waals surface area contributed by atoms with Crippen LogP contribution in [0, 0.1) is 17.8 Å². The van der Waals surface area contributed by atoms with Crippen molar-refractivity contribution in [3.8, 4) is 0 Å². The lowest BCUT2D eigenvalue weighted by Gasteiger charge is -2.60. The molecule has 2 aromatic rings. The van der Waals surface area contributed by atoms with Crippen molar-refractivity contribution in [1.82, 2.24) is 4.67 Å². The van der Waals surface area contributed by atoms with E-state index in [9.17, 15) is 5.11 Å².